The van der Waals surface area contributed by atoms with Crippen molar-refractivity contribution in [3.63, 3.8) is 0 Å². The Morgan fingerprint density at radius 2 is 1.62 bits per heavy atom. The minimum atomic E-state index is -0.117. The van der Waals surface area contributed by atoms with Gasteiger partial charge >= 0.3 is 0 Å². The molecule has 0 aliphatic carbocycles. The average molecular weight is 367 g/mol. The van der Waals surface area contributed by atoms with Gasteiger partial charge in [-0.1, -0.05) is 22.4 Å². The molecule has 0 spiro atoms. The molecule has 126 valence electrons. The van der Waals surface area contributed by atoms with E-state index in [2.05, 4.69) is 15.9 Å². The molecule has 1 N–H and O–H groups in total. The molecule has 2 saturated heterocycles. The summed E-state index contributed by atoms with van der Waals surface area (Å²) in [5, 5.41) is 9.82. The molecule has 2 heterocycles. The van der Waals surface area contributed by atoms with E-state index in [0.717, 1.165) is 44.2 Å². The SMILES string of the molecule is C1CCC(OC2CCCCO2)OC1.CC(O)CCCCBr. The van der Waals surface area contributed by atoms with E-state index in [4.69, 9.17) is 19.3 Å². The van der Waals surface area contributed by atoms with Gasteiger partial charge in [-0.05, 0) is 58.3 Å². The lowest BCUT2D eigenvalue weighted by molar-refractivity contribution is -0.264. The zero-order chi connectivity index (χ0) is 15.3. The number of alkyl halides is 1. The third-order valence-electron chi connectivity index (χ3n) is 3.58. The molecule has 21 heavy (non-hydrogen) atoms. The van der Waals surface area contributed by atoms with E-state index in [0.29, 0.717) is 0 Å². The standard InChI is InChI=1S/C10H18O3.C6H13BrO/c1-3-7-11-9(5-1)13-10-6-2-4-8-12-10;1-6(8)4-2-3-5-7/h9-10H,1-8H2;6,8H,2-5H2,1H3. The fraction of sp³-hybridized carbons (Fsp3) is 1.00. The third kappa shape index (κ3) is 10.6. The second-order valence-electron chi connectivity index (χ2n) is 5.76. The lowest BCUT2D eigenvalue weighted by atomic mass is 10.2. The van der Waals surface area contributed by atoms with Gasteiger partial charge in [0.25, 0.3) is 0 Å². The van der Waals surface area contributed by atoms with Gasteiger partial charge in [-0.15, -0.1) is 0 Å². The molecule has 0 amide bonds. The maximum absolute atomic E-state index is 8.76. The van der Waals surface area contributed by atoms with Crippen LogP contribution in [0.25, 0.3) is 0 Å². The van der Waals surface area contributed by atoms with Crippen LogP contribution in [0.4, 0.5) is 0 Å². The van der Waals surface area contributed by atoms with Gasteiger partial charge in [0.2, 0.25) is 0 Å². The predicted octanol–water partition coefficient (Wildman–Crippen LogP) is 3.99. The Hall–Kier alpha value is 0.320. The first-order valence-corrected chi connectivity index (χ1v) is 9.47. The topological polar surface area (TPSA) is 47.9 Å². The molecule has 3 atom stereocenters. The van der Waals surface area contributed by atoms with Crippen molar-refractivity contribution >= 4 is 15.9 Å². The van der Waals surface area contributed by atoms with Crippen LogP contribution in [0.15, 0.2) is 0 Å². The van der Waals surface area contributed by atoms with Gasteiger partial charge in [0.15, 0.2) is 12.6 Å². The number of unbranched alkanes of at least 4 members (excludes halogenated alkanes) is 1. The van der Waals surface area contributed by atoms with Crippen molar-refractivity contribution in [2.45, 2.75) is 83.4 Å². The molecular formula is C16H31BrO4. The highest BCUT2D eigenvalue weighted by Crippen LogP contribution is 2.20. The van der Waals surface area contributed by atoms with E-state index in [1.807, 2.05) is 6.92 Å². The monoisotopic (exact) mass is 366 g/mol. The Morgan fingerprint density at radius 3 is 2.00 bits per heavy atom. The Bertz CT molecular complexity index is 210. The number of ether oxygens (including phenoxy) is 3. The summed E-state index contributed by atoms with van der Waals surface area (Å²) in [6.45, 7) is 3.52. The lowest BCUT2D eigenvalue weighted by Gasteiger charge is -2.29. The van der Waals surface area contributed by atoms with Crippen LogP contribution in [-0.2, 0) is 14.2 Å². The fourth-order valence-electron chi connectivity index (χ4n) is 2.34. The maximum atomic E-state index is 8.76. The molecular weight excluding hydrogens is 336 g/mol. The second-order valence-corrected chi connectivity index (χ2v) is 6.56. The zero-order valence-corrected chi connectivity index (χ0v) is 14.9. The van der Waals surface area contributed by atoms with Gasteiger partial charge in [0, 0.05) is 18.5 Å². The smallest absolute Gasteiger partial charge is 0.160 e. The average Bonchev–Trinajstić information content (AvgIpc) is 2.50. The summed E-state index contributed by atoms with van der Waals surface area (Å²) in [5.74, 6) is 0. The van der Waals surface area contributed by atoms with Crippen molar-refractivity contribution < 1.29 is 19.3 Å². The molecule has 0 radical (unpaired) electrons. The fourth-order valence-corrected chi connectivity index (χ4v) is 2.74. The van der Waals surface area contributed by atoms with Gasteiger partial charge in [0.05, 0.1) is 6.10 Å². The molecule has 0 saturated carbocycles. The molecule has 4 nitrogen and oxygen atoms in total. The first kappa shape index (κ1) is 19.4. The molecule has 2 rings (SSSR count). The van der Waals surface area contributed by atoms with E-state index in [1.54, 1.807) is 0 Å². The number of aliphatic hydroxyl groups excluding tert-OH is 1. The van der Waals surface area contributed by atoms with E-state index in [1.165, 1.54) is 32.1 Å². The van der Waals surface area contributed by atoms with E-state index in [-0.39, 0.29) is 18.7 Å². The largest absolute Gasteiger partial charge is 0.393 e. The molecule has 0 bridgehead atoms. The summed E-state index contributed by atoms with van der Waals surface area (Å²) in [7, 11) is 0. The highest BCUT2D eigenvalue weighted by Gasteiger charge is 2.21. The summed E-state index contributed by atoms with van der Waals surface area (Å²) >= 11 is 3.32. The number of aliphatic hydroxyl groups is 1. The second kappa shape index (κ2) is 12.8. The van der Waals surface area contributed by atoms with Crippen molar-refractivity contribution in [3.8, 4) is 0 Å². The predicted molar refractivity (Wildman–Crippen MR) is 87.6 cm³/mol. The van der Waals surface area contributed by atoms with Gasteiger partial charge in [-0.2, -0.15) is 0 Å². The first-order chi connectivity index (χ1) is 10.2. The Labute approximate surface area is 137 Å². The molecule has 2 aliphatic rings. The van der Waals surface area contributed by atoms with Gasteiger partial charge in [-0.25, -0.2) is 0 Å². The van der Waals surface area contributed by atoms with Gasteiger partial charge in [-0.3, -0.25) is 0 Å². The van der Waals surface area contributed by atoms with Crippen molar-refractivity contribution in [2.24, 2.45) is 0 Å². The van der Waals surface area contributed by atoms with E-state index >= 15 is 0 Å². The number of rotatable bonds is 6. The quantitative estimate of drug-likeness (QED) is 0.570. The molecule has 0 aromatic carbocycles. The molecule has 3 unspecified atom stereocenters. The van der Waals surface area contributed by atoms with Crippen LogP contribution in [0.5, 0.6) is 0 Å². The Kier molecular flexibility index (Phi) is 11.8. The van der Waals surface area contributed by atoms with Crippen LogP contribution in [0.2, 0.25) is 0 Å². The van der Waals surface area contributed by atoms with Crippen LogP contribution in [-0.4, -0.2) is 42.3 Å². The van der Waals surface area contributed by atoms with Crippen LogP contribution in [0, 0.1) is 0 Å². The molecule has 0 aromatic rings. The number of halogens is 1. The zero-order valence-electron chi connectivity index (χ0n) is 13.3. The van der Waals surface area contributed by atoms with Crippen LogP contribution >= 0.6 is 15.9 Å². The first-order valence-electron chi connectivity index (χ1n) is 8.35. The third-order valence-corrected chi connectivity index (χ3v) is 4.15. The number of hydrogen-bond acceptors (Lipinski definition) is 4. The van der Waals surface area contributed by atoms with Crippen molar-refractivity contribution in [2.75, 3.05) is 18.5 Å². The van der Waals surface area contributed by atoms with Gasteiger partial charge in [0.1, 0.15) is 0 Å². The highest BCUT2D eigenvalue weighted by molar-refractivity contribution is 9.09. The van der Waals surface area contributed by atoms with Crippen molar-refractivity contribution in [1.82, 2.24) is 0 Å². The number of hydrogen-bond donors (Lipinski definition) is 1. The molecule has 2 fully saturated rings. The van der Waals surface area contributed by atoms with Gasteiger partial charge < -0.3 is 19.3 Å². The summed E-state index contributed by atoms with van der Waals surface area (Å²) in [4.78, 5) is 0. The summed E-state index contributed by atoms with van der Waals surface area (Å²) in [6.07, 6.45) is 9.95. The molecule has 5 heteroatoms. The summed E-state index contributed by atoms with van der Waals surface area (Å²) < 4.78 is 16.6. The van der Waals surface area contributed by atoms with Crippen LogP contribution < -0.4 is 0 Å². The van der Waals surface area contributed by atoms with Crippen LogP contribution in [0.3, 0.4) is 0 Å². The highest BCUT2D eigenvalue weighted by atomic mass is 79.9. The van der Waals surface area contributed by atoms with E-state index < -0.39 is 0 Å². The minimum Gasteiger partial charge on any atom is -0.393 e. The normalized spacial score (nSPS) is 27.6. The maximum Gasteiger partial charge on any atom is 0.160 e. The van der Waals surface area contributed by atoms with E-state index in [9.17, 15) is 0 Å². The molecule has 0 aromatic heterocycles. The lowest BCUT2D eigenvalue weighted by Crippen LogP contribution is -2.31. The van der Waals surface area contributed by atoms with Crippen molar-refractivity contribution in [1.29, 1.82) is 0 Å². The summed E-state index contributed by atoms with van der Waals surface area (Å²) in [5.41, 5.74) is 0. The Morgan fingerprint density at radius 1 is 1.05 bits per heavy atom. The minimum absolute atomic E-state index is 0.00292. The Balaban J connectivity index is 0.000000240. The van der Waals surface area contributed by atoms with Crippen LogP contribution in [0.1, 0.15) is 64.7 Å². The van der Waals surface area contributed by atoms with Crippen molar-refractivity contribution in [3.05, 3.63) is 0 Å². The summed E-state index contributed by atoms with van der Waals surface area (Å²) in [6, 6.07) is 0. The molecule has 2 aliphatic heterocycles.